The first-order valence-corrected chi connectivity index (χ1v) is 6.70. The van der Waals surface area contributed by atoms with Crippen LogP contribution in [0.4, 0.5) is 10.1 Å². The molecular formula is C14H13BrFNO3. The molecule has 0 saturated carbocycles. The molecule has 1 N–H and O–H groups in total. The molecule has 4 nitrogen and oxygen atoms in total. The van der Waals surface area contributed by atoms with E-state index in [-0.39, 0.29) is 17.6 Å². The number of esters is 1. The molecule has 0 aliphatic rings. The van der Waals surface area contributed by atoms with Crippen LogP contribution in [0.3, 0.4) is 0 Å². The molecule has 0 aliphatic carbocycles. The first-order chi connectivity index (χ1) is 9.51. The molecule has 106 valence electrons. The van der Waals surface area contributed by atoms with Crippen LogP contribution in [-0.4, -0.2) is 13.1 Å². The van der Waals surface area contributed by atoms with Gasteiger partial charge in [-0.3, -0.25) is 0 Å². The topological polar surface area (TPSA) is 51.5 Å². The third kappa shape index (κ3) is 3.19. The summed E-state index contributed by atoms with van der Waals surface area (Å²) < 4.78 is 24.3. The molecule has 1 atom stereocenters. The van der Waals surface area contributed by atoms with Crippen molar-refractivity contribution in [3.8, 4) is 0 Å². The lowest BCUT2D eigenvalue weighted by Gasteiger charge is -2.13. The number of methoxy groups -OCH3 is 1. The first kappa shape index (κ1) is 14.6. The molecule has 0 aliphatic heterocycles. The number of benzene rings is 1. The van der Waals surface area contributed by atoms with Gasteiger partial charge in [0.25, 0.3) is 0 Å². The smallest absolute Gasteiger partial charge is 0.373 e. The summed E-state index contributed by atoms with van der Waals surface area (Å²) in [6.45, 7) is 1.81. The van der Waals surface area contributed by atoms with Crippen LogP contribution in [0.25, 0.3) is 0 Å². The second-order valence-corrected chi connectivity index (χ2v) is 5.10. The second kappa shape index (κ2) is 6.09. The maximum absolute atomic E-state index is 13.7. The summed E-state index contributed by atoms with van der Waals surface area (Å²) in [5, 5.41) is 2.98. The van der Waals surface area contributed by atoms with Crippen LogP contribution < -0.4 is 5.32 Å². The first-order valence-electron chi connectivity index (χ1n) is 5.91. The maximum atomic E-state index is 13.7. The van der Waals surface area contributed by atoms with Gasteiger partial charge in [0.05, 0.1) is 18.8 Å². The molecule has 0 saturated heterocycles. The van der Waals surface area contributed by atoms with Gasteiger partial charge in [-0.25, -0.2) is 9.18 Å². The zero-order chi connectivity index (χ0) is 14.7. The number of carbonyl (C=O) groups excluding carboxylic acids is 1. The molecule has 1 unspecified atom stereocenters. The average Bonchev–Trinajstić information content (AvgIpc) is 2.90. The summed E-state index contributed by atoms with van der Waals surface area (Å²) in [7, 11) is 1.28. The van der Waals surface area contributed by atoms with Crippen LogP contribution in [0.5, 0.6) is 0 Å². The summed E-state index contributed by atoms with van der Waals surface area (Å²) >= 11 is 3.20. The van der Waals surface area contributed by atoms with Crippen molar-refractivity contribution in [2.24, 2.45) is 0 Å². The number of hydrogen-bond acceptors (Lipinski definition) is 4. The summed E-state index contributed by atoms with van der Waals surface area (Å²) in [6, 6.07) is 7.62. The Morgan fingerprint density at radius 2 is 2.15 bits per heavy atom. The lowest BCUT2D eigenvalue weighted by atomic mass is 10.2. The van der Waals surface area contributed by atoms with Crippen molar-refractivity contribution in [1.29, 1.82) is 0 Å². The highest BCUT2D eigenvalue weighted by atomic mass is 79.9. The molecule has 6 heteroatoms. The Hall–Kier alpha value is -1.82. The van der Waals surface area contributed by atoms with E-state index in [1.54, 1.807) is 25.1 Å². The number of anilines is 1. The van der Waals surface area contributed by atoms with E-state index in [1.165, 1.54) is 19.2 Å². The van der Waals surface area contributed by atoms with Gasteiger partial charge in [0.1, 0.15) is 11.6 Å². The minimum absolute atomic E-state index is 0.118. The van der Waals surface area contributed by atoms with Crippen molar-refractivity contribution >= 4 is 27.6 Å². The van der Waals surface area contributed by atoms with E-state index in [2.05, 4.69) is 26.0 Å². The van der Waals surface area contributed by atoms with E-state index in [4.69, 9.17) is 4.42 Å². The maximum Gasteiger partial charge on any atom is 0.373 e. The normalized spacial score (nSPS) is 12.0. The van der Waals surface area contributed by atoms with Crippen molar-refractivity contribution in [2.75, 3.05) is 12.4 Å². The van der Waals surface area contributed by atoms with E-state index in [9.17, 15) is 9.18 Å². The fourth-order valence-corrected chi connectivity index (χ4v) is 2.04. The largest absolute Gasteiger partial charge is 0.463 e. The molecular weight excluding hydrogens is 329 g/mol. The van der Waals surface area contributed by atoms with Crippen molar-refractivity contribution in [3.63, 3.8) is 0 Å². The van der Waals surface area contributed by atoms with Gasteiger partial charge in [0, 0.05) is 4.47 Å². The second-order valence-electron chi connectivity index (χ2n) is 4.18. The summed E-state index contributed by atoms with van der Waals surface area (Å²) in [4.78, 5) is 11.3. The Morgan fingerprint density at radius 3 is 2.80 bits per heavy atom. The highest BCUT2D eigenvalue weighted by Gasteiger charge is 2.16. The molecule has 2 aromatic rings. The van der Waals surface area contributed by atoms with Crippen molar-refractivity contribution in [3.05, 3.63) is 52.1 Å². The molecule has 0 fully saturated rings. The monoisotopic (exact) mass is 341 g/mol. The minimum Gasteiger partial charge on any atom is -0.463 e. The van der Waals surface area contributed by atoms with Crippen LogP contribution in [0.2, 0.25) is 0 Å². The van der Waals surface area contributed by atoms with Gasteiger partial charge in [-0.05, 0) is 37.3 Å². The van der Waals surface area contributed by atoms with Crippen LogP contribution in [-0.2, 0) is 4.74 Å². The highest BCUT2D eigenvalue weighted by molar-refractivity contribution is 9.10. The van der Waals surface area contributed by atoms with Crippen LogP contribution in [0.15, 0.2) is 39.2 Å². The summed E-state index contributed by atoms with van der Waals surface area (Å²) in [5.41, 5.74) is 0.358. The fourth-order valence-electron chi connectivity index (χ4n) is 1.71. The van der Waals surface area contributed by atoms with Gasteiger partial charge in [0.15, 0.2) is 0 Å². The van der Waals surface area contributed by atoms with Crippen LogP contribution in [0, 0.1) is 5.82 Å². The molecule has 0 amide bonds. The average molecular weight is 342 g/mol. The van der Waals surface area contributed by atoms with E-state index >= 15 is 0 Å². The van der Waals surface area contributed by atoms with Crippen LogP contribution >= 0.6 is 15.9 Å². The predicted molar refractivity (Wildman–Crippen MR) is 76.2 cm³/mol. The van der Waals surface area contributed by atoms with Gasteiger partial charge in [0.2, 0.25) is 5.76 Å². The summed E-state index contributed by atoms with van der Waals surface area (Å²) in [5.74, 6) is -0.274. The predicted octanol–water partition coefficient (Wildman–Crippen LogP) is 4.14. The molecule has 1 heterocycles. The number of ether oxygens (including phenoxy) is 1. The van der Waals surface area contributed by atoms with Crippen LogP contribution in [0.1, 0.15) is 29.3 Å². The molecule has 1 aromatic carbocycles. The fraction of sp³-hybridized carbons (Fsp3) is 0.214. The zero-order valence-electron chi connectivity index (χ0n) is 10.9. The number of halogens is 2. The van der Waals surface area contributed by atoms with Gasteiger partial charge in [-0.1, -0.05) is 15.9 Å². The molecule has 0 spiro atoms. The van der Waals surface area contributed by atoms with Gasteiger partial charge < -0.3 is 14.5 Å². The Balaban J connectivity index is 2.13. The van der Waals surface area contributed by atoms with E-state index in [1.807, 2.05) is 0 Å². The Morgan fingerprint density at radius 1 is 1.40 bits per heavy atom. The lowest BCUT2D eigenvalue weighted by Crippen LogP contribution is -2.07. The molecule has 2 rings (SSSR count). The Kier molecular flexibility index (Phi) is 4.44. The highest BCUT2D eigenvalue weighted by Crippen LogP contribution is 2.25. The Labute approximate surface area is 124 Å². The quantitative estimate of drug-likeness (QED) is 0.849. The standard InChI is InChI=1S/C14H13BrFNO3/c1-8(12-5-6-13(20-12)14(18)19-2)17-11-4-3-9(15)7-10(11)16/h3-8,17H,1-2H3. The number of nitrogens with one attached hydrogen (secondary N) is 1. The lowest BCUT2D eigenvalue weighted by molar-refractivity contribution is 0.0562. The van der Waals surface area contributed by atoms with E-state index < -0.39 is 5.97 Å². The third-order valence-electron chi connectivity index (χ3n) is 2.74. The van der Waals surface area contributed by atoms with Gasteiger partial charge >= 0.3 is 5.97 Å². The minimum atomic E-state index is -0.543. The molecule has 1 aromatic heterocycles. The zero-order valence-corrected chi connectivity index (χ0v) is 12.5. The number of furan rings is 1. The van der Waals surface area contributed by atoms with E-state index in [0.29, 0.717) is 15.9 Å². The molecule has 0 bridgehead atoms. The number of carbonyl (C=O) groups is 1. The van der Waals surface area contributed by atoms with Gasteiger partial charge in [-0.15, -0.1) is 0 Å². The number of hydrogen-bond donors (Lipinski definition) is 1. The van der Waals surface area contributed by atoms with Crippen molar-refractivity contribution in [1.82, 2.24) is 0 Å². The molecule has 0 radical (unpaired) electrons. The summed E-state index contributed by atoms with van der Waals surface area (Å²) in [6.07, 6.45) is 0. The number of rotatable bonds is 4. The van der Waals surface area contributed by atoms with Crippen molar-refractivity contribution < 1.29 is 18.3 Å². The van der Waals surface area contributed by atoms with Gasteiger partial charge in [-0.2, -0.15) is 0 Å². The Bertz CT molecular complexity index is 627. The SMILES string of the molecule is COC(=O)c1ccc(C(C)Nc2ccc(Br)cc2F)o1. The molecule has 20 heavy (non-hydrogen) atoms. The van der Waals surface area contributed by atoms with E-state index in [0.717, 1.165) is 0 Å². The van der Waals surface area contributed by atoms with Crippen molar-refractivity contribution in [2.45, 2.75) is 13.0 Å². The third-order valence-corrected chi connectivity index (χ3v) is 3.24.